The third-order valence-corrected chi connectivity index (χ3v) is 2.12. The van der Waals surface area contributed by atoms with E-state index in [1.54, 1.807) is 12.3 Å². The fourth-order valence-electron chi connectivity index (χ4n) is 1.17. The third kappa shape index (κ3) is 3.79. The Morgan fingerprint density at radius 3 is 2.59 bits per heavy atom. The zero-order chi connectivity index (χ0) is 12.8. The summed E-state index contributed by atoms with van der Waals surface area (Å²) in [6.45, 7) is 9.24. The summed E-state index contributed by atoms with van der Waals surface area (Å²) < 4.78 is 0. The van der Waals surface area contributed by atoms with Crippen LogP contribution in [0.3, 0.4) is 0 Å². The van der Waals surface area contributed by atoms with Crippen molar-refractivity contribution in [3.63, 3.8) is 0 Å². The van der Waals surface area contributed by atoms with Crippen LogP contribution in [0.5, 0.6) is 0 Å². The Morgan fingerprint density at radius 2 is 2.12 bits per heavy atom. The molecule has 3 nitrogen and oxygen atoms in total. The highest BCUT2D eigenvalue weighted by Gasteiger charge is 2.09. The predicted octanol–water partition coefficient (Wildman–Crippen LogP) is 3.12. The number of allylic oxidation sites excluding steroid dienone is 2. The summed E-state index contributed by atoms with van der Waals surface area (Å²) in [6.07, 6.45) is 4.61. The maximum atomic E-state index is 12.1. The zero-order valence-corrected chi connectivity index (χ0v) is 10.4. The van der Waals surface area contributed by atoms with Crippen molar-refractivity contribution in [1.82, 2.24) is 4.98 Å². The Hall–Kier alpha value is -2.03. The molecule has 0 aliphatic carbocycles. The van der Waals surface area contributed by atoms with Gasteiger partial charge in [-0.2, -0.15) is 0 Å². The summed E-state index contributed by atoms with van der Waals surface area (Å²) in [5.41, 5.74) is 2.79. The maximum Gasteiger partial charge on any atom is 0.196 e. The van der Waals surface area contributed by atoms with Crippen LogP contribution in [-0.4, -0.2) is 16.5 Å². The summed E-state index contributed by atoms with van der Waals surface area (Å²) >= 11 is 0. The van der Waals surface area contributed by atoms with Crippen molar-refractivity contribution < 1.29 is 4.79 Å². The molecule has 1 heterocycles. The number of hydrogen-bond donors (Lipinski definition) is 0. The van der Waals surface area contributed by atoms with Crippen molar-refractivity contribution in [2.24, 2.45) is 4.99 Å². The lowest BCUT2D eigenvalue weighted by molar-refractivity contribution is 0.103. The first-order chi connectivity index (χ1) is 8.04. The van der Waals surface area contributed by atoms with Crippen molar-refractivity contribution in [3.8, 4) is 0 Å². The van der Waals surface area contributed by atoms with E-state index in [4.69, 9.17) is 0 Å². The number of carbonyl (C=O) groups is 1. The van der Waals surface area contributed by atoms with Crippen LogP contribution >= 0.6 is 0 Å². The van der Waals surface area contributed by atoms with Crippen LogP contribution in [0.1, 0.15) is 29.9 Å². The van der Waals surface area contributed by atoms with Gasteiger partial charge in [-0.15, -0.1) is 0 Å². The molecule has 0 atom stereocenters. The molecular formula is C14H16N2O. The quantitative estimate of drug-likeness (QED) is 0.344. The second-order valence-electron chi connectivity index (χ2n) is 3.88. The number of rotatable bonds is 4. The molecule has 0 spiro atoms. The average Bonchev–Trinajstić information content (AvgIpc) is 2.30. The van der Waals surface area contributed by atoms with Crippen LogP contribution in [0.2, 0.25) is 0 Å². The molecule has 0 aliphatic heterocycles. The average molecular weight is 228 g/mol. The number of nitrogens with zero attached hydrogens (tertiary/aromatic N) is 2. The molecule has 0 fully saturated rings. The third-order valence-electron chi connectivity index (χ3n) is 2.12. The van der Waals surface area contributed by atoms with Gasteiger partial charge in [0.25, 0.3) is 0 Å². The van der Waals surface area contributed by atoms with E-state index in [2.05, 4.69) is 16.6 Å². The normalized spacial score (nSPS) is 10.9. The lowest BCUT2D eigenvalue weighted by Crippen LogP contribution is -2.02. The van der Waals surface area contributed by atoms with E-state index in [0.29, 0.717) is 11.1 Å². The summed E-state index contributed by atoms with van der Waals surface area (Å²) in [4.78, 5) is 20.2. The van der Waals surface area contributed by atoms with Crippen molar-refractivity contribution in [3.05, 3.63) is 54.0 Å². The van der Waals surface area contributed by atoms with Crippen molar-refractivity contribution in [2.75, 3.05) is 0 Å². The Morgan fingerprint density at radius 1 is 1.41 bits per heavy atom. The van der Waals surface area contributed by atoms with Gasteiger partial charge in [0.1, 0.15) is 0 Å². The van der Waals surface area contributed by atoms with Crippen molar-refractivity contribution in [1.29, 1.82) is 0 Å². The molecule has 0 amide bonds. The molecule has 0 radical (unpaired) electrons. The molecule has 0 unspecified atom stereocenters. The van der Waals surface area contributed by atoms with Crippen LogP contribution in [-0.2, 0) is 0 Å². The van der Waals surface area contributed by atoms with Gasteiger partial charge in [0, 0.05) is 34.9 Å². The molecule has 88 valence electrons. The minimum Gasteiger partial charge on any atom is -0.288 e. The Labute approximate surface area is 102 Å². The Kier molecular flexibility index (Phi) is 4.52. The van der Waals surface area contributed by atoms with E-state index in [1.807, 2.05) is 26.8 Å². The standard InChI is InChI=1S/C14H16N2O/c1-5-12(8-15-10(2)3)14(17)13-7-6-11(4)16-9-13/h5-9H,1H2,2-4H3/b12-8+. The molecule has 17 heavy (non-hydrogen) atoms. The molecule has 1 aromatic heterocycles. The summed E-state index contributed by atoms with van der Waals surface area (Å²) in [6, 6.07) is 3.56. The van der Waals surface area contributed by atoms with Gasteiger partial charge >= 0.3 is 0 Å². The molecule has 1 rings (SSSR count). The molecule has 3 heteroatoms. The van der Waals surface area contributed by atoms with Gasteiger partial charge in [-0.05, 0) is 32.9 Å². The van der Waals surface area contributed by atoms with Gasteiger partial charge in [-0.3, -0.25) is 14.8 Å². The largest absolute Gasteiger partial charge is 0.288 e. The van der Waals surface area contributed by atoms with Crippen LogP contribution in [0.4, 0.5) is 0 Å². The number of aliphatic imine (C=N–C) groups is 1. The van der Waals surface area contributed by atoms with E-state index < -0.39 is 0 Å². The minimum atomic E-state index is -0.113. The van der Waals surface area contributed by atoms with E-state index in [0.717, 1.165) is 11.4 Å². The fourth-order valence-corrected chi connectivity index (χ4v) is 1.17. The summed E-state index contributed by atoms with van der Waals surface area (Å²) in [7, 11) is 0. The zero-order valence-electron chi connectivity index (χ0n) is 10.4. The van der Waals surface area contributed by atoms with Gasteiger partial charge in [0.15, 0.2) is 5.78 Å². The van der Waals surface area contributed by atoms with Crippen LogP contribution in [0.25, 0.3) is 0 Å². The van der Waals surface area contributed by atoms with Crippen molar-refractivity contribution >= 4 is 11.5 Å². The van der Waals surface area contributed by atoms with Gasteiger partial charge in [0.2, 0.25) is 0 Å². The lowest BCUT2D eigenvalue weighted by atomic mass is 10.1. The second kappa shape index (κ2) is 5.89. The highest BCUT2D eigenvalue weighted by molar-refractivity contribution is 6.10. The SMILES string of the molecule is C=C/C(=C\N=C(C)C)C(=O)c1ccc(C)nc1. The van der Waals surface area contributed by atoms with Crippen LogP contribution in [0, 0.1) is 6.92 Å². The molecule has 0 aromatic carbocycles. The molecule has 0 N–H and O–H groups in total. The molecule has 0 saturated carbocycles. The van der Waals surface area contributed by atoms with Gasteiger partial charge in [-0.25, -0.2) is 0 Å². The topological polar surface area (TPSA) is 42.3 Å². The second-order valence-corrected chi connectivity index (χ2v) is 3.88. The number of aryl methyl sites for hydroxylation is 1. The summed E-state index contributed by atoms with van der Waals surface area (Å²) in [5, 5.41) is 0. The molecule has 0 saturated heterocycles. The monoisotopic (exact) mass is 228 g/mol. The first kappa shape index (κ1) is 13.0. The van der Waals surface area contributed by atoms with Gasteiger partial charge in [0.05, 0.1) is 0 Å². The van der Waals surface area contributed by atoms with Crippen LogP contribution < -0.4 is 0 Å². The van der Waals surface area contributed by atoms with Gasteiger partial charge < -0.3 is 0 Å². The first-order valence-corrected chi connectivity index (χ1v) is 5.35. The van der Waals surface area contributed by atoms with Crippen molar-refractivity contribution in [2.45, 2.75) is 20.8 Å². The molecular weight excluding hydrogens is 212 g/mol. The minimum absolute atomic E-state index is 0.113. The van der Waals surface area contributed by atoms with E-state index in [-0.39, 0.29) is 5.78 Å². The highest BCUT2D eigenvalue weighted by atomic mass is 16.1. The number of Topliss-reactive ketones (excluding diaryl/α,β-unsaturated/α-hetero) is 1. The molecule has 0 aliphatic rings. The number of aromatic nitrogens is 1. The summed E-state index contributed by atoms with van der Waals surface area (Å²) in [5.74, 6) is -0.113. The van der Waals surface area contributed by atoms with Crippen LogP contribution in [0.15, 0.2) is 47.7 Å². The Balaban J connectivity index is 3.02. The number of ketones is 1. The van der Waals surface area contributed by atoms with Gasteiger partial charge in [-0.1, -0.05) is 12.7 Å². The van der Waals surface area contributed by atoms with E-state index >= 15 is 0 Å². The first-order valence-electron chi connectivity index (χ1n) is 5.35. The number of carbonyl (C=O) groups excluding carboxylic acids is 1. The molecule has 1 aromatic rings. The highest BCUT2D eigenvalue weighted by Crippen LogP contribution is 2.09. The Bertz CT molecular complexity index is 477. The predicted molar refractivity (Wildman–Crippen MR) is 70.4 cm³/mol. The maximum absolute atomic E-state index is 12.1. The van der Waals surface area contributed by atoms with E-state index in [1.165, 1.54) is 12.3 Å². The van der Waals surface area contributed by atoms with E-state index in [9.17, 15) is 4.79 Å². The molecule has 0 bridgehead atoms. The smallest absolute Gasteiger partial charge is 0.196 e. The lowest BCUT2D eigenvalue weighted by Gasteiger charge is -2.01. The fraction of sp³-hybridized carbons (Fsp3) is 0.214. The number of pyridine rings is 1. The number of hydrogen-bond acceptors (Lipinski definition) is 3.